The molecule has 2 N–H and O–H groups in total. The standard InChI is InChI=1S/C27H26N4O/c1-2-4-21-22-14-24(31-12-9-27(21,22)31)25(32)17-8-11-28-23-7-6-16(13-19(17)23)20-15-30-26-18(20)5-3-10-29-26/h2-3,5-8,10-11,13,15,21-22,24-25,32H,1,4,9,12,14H2,(H,29,30)/t21?,22?,24?,25-,27?/m1/s1. The Morgan fingerprint density at radius 3 is 2.97 bits per heavy atom. The smallest absolute Gasteiger partial charge is 0.137 e. The molecule has 7 rings (SSSR count). The number of pyridine rings is 2. The van der Waals surface area contributed by atoms with Gasteiger partial charge in [-0.05, 0) is 72.6 Å². The molecule has 5 atom stereocenters. The summed E-state index contributed by atoms with van der Waals surface area (Å²) < 4.78 is 0. The minimum atomic E-state index is -0.505. The Bertz CT molecular complexity index is 1380. The van der Waals surface area contributed by atoms with Gasteiger partial charge in [0.15, 0.2) is 0 Å². The number of piperidine rings is 1. The third-order valence-corrected chi connectivity index (χ3v) is 8.49. The Labute approximate surface area is 186 Å². The summed E-state index contributed by atoms with van der Waals surface area (Å²) in [4.78, 5) is 14.9. The molecular weight excluding hydrogens is 396 g/mol. The van der Waals surface area contributed by atoms with Gasteiger partial charge in [-0.3, -0.25) is 9.88 Å². The lowest BCUT2D eigenvalue weighted by molar-refractivity contribution is -0.0235. The van der Waals surface area contributed by atoms with E-state index in [1.54, 1.807) is 6.20 Å². The molecule has 0 radical (unpaired) electrons. The second-order valence-corrected chi connectivity index (χ2v) is 9.65. The molecule has 0 bridgehead atoms. The number of hydrogen-bond acceptors (Lipinski definition) is 4. The first-order valence-electron chi connectivity index (χ1n) is 11.6. The van der Waals surface area contributed by atoms with Crippen molar-refractivity contribution in [2.45, 2.75) is 36.9 Å². The molecule has 1 saturated carbocycles. The minimum absolute atomic E-state index is 0.196. The summed E-state index contributed by atoms with van der Waals surface area (Å²) >= 11 is 0. The molecule has 4 aromatic rings. The first-order chi connectivity index (χ1) is 15.7. The third-order valence-electron chi connectivity index (χ3n) is 8.49. The van der Waals surface area contributed by atoms with E-state index in [-0.39, 0.29) is 6.04 Å². The zero-order chi connectivity index (χ0) is 21.4. The van der Waals surface area contributed by atoms with Crippen molar-refractivity contribution >= 4 is 21.9 Å². The summed E-state index contributed by atoms with van der Waals surface area (Å²) in [5.41, 5.74) is 5.38. The van der Waals surface area contributed by atoms with Crippen molar-refractivity contribution in [2.75, 3.05) is 6.54 Å². The molecule has 1 spiro atoms. The number of nitrogens with zero attached hydrogens (tertiary/aromatic N) is 3. The number of fused-ring (bicyclic) bond motifs is 2. The highest BCUT2D eigenvalue weighted by molar-refractivity contribution is 5.96. The molecule has 0 amide bonds. The van der Waals surface area contributed by atoms with Crippen molar-refractivity contribution in [3.05, 3.63) is 73.2 Å². The molecule has 3 fully saturated rings. The van der Waals surface area contributed by atoms with Crippen LogP contribution in [-0.4, -0.2) is 43.1 Å². The fourth-order valence-corrected chi connectivity index (χ4v) is 6.96. The Balaban J connectivity index is 1.27. The van der Waals surface area contributed by atoms with E-state index in [1.165, 1.54) is 6.42 Å². The summed E-state index contributed by atoms with van der Waals surface area (Å²) in [6.45, 7) is 5.05. The molecule has 160 valence electrons. The van der Waals surface area contributed by atoms with Crippen molar-refractivity contribution < 1.29 is 5.11 Å². The SMILES string of the molecule is C=CCC1C2CC([C@H](O)c3ccnc4ccc(-c5c[nH]c6ncccc56)cc34)N3CCC123. The summed E-state index contributed by atoms with van der Waals surface area (Å²) in [6, 6.07) is 12.6. The van der Waals surface area contributed by atoms with Crippen molar-refractivity contribution in [1.82, 2.24) is 19.9 Å². The second kappa shape index (κ2) is 6.50. The van der Waals surface area contributed by atoms with Crippen molar-refractivity contribution in [3.8, 4) is 11.1 Å². The predicted molar refractivity (Wildman–Crippen MR) is 126 cm³/mol. The molecule has 2 saturated heterocycles. The number of aliphatic hydroxyl groups excluding tert-OH is 1. The monoisotopic (exact) mass is 422 g/mol. The van der Waals surface area contributed by atoms with Crippen LogP contribution in [0.1, 0.15) is 30.9 Å². The molecule has 3 aliphatic rings. The molecule has 5 heterocycles. The Morgan fingerprint density at radius 2 is 2.16 bits per heavy atom. The Morgan fingerprint density at radius 1 is 1.22 bits per heavy atom. The van der Waals surface area contributed by atoms with Gasteiger partial charge in [0.2, 0.25) is 0 Å². The van der Waals surface area contributed by atoms with Crippen LogP contribution in [0.2, 0.25) is 0 Å². The van der Waals surface area contributed by atoms with Crippen LogP contribution in [0.3, 0.4) is 0 Å². The molecule has 4 unspecified atom stereocenters. The van der Waals surface area contributed by atoms with Crippen molar-refractivity contribution in [1.29, 1.82) is 0 Å². The predicted octanol–water partition coefficient (Wildman–Crippen LogP) is 4.85. The van der Waals surface area contributed by atoms with E-state index in [1.807, 2.05) is 24.5 Å². The molecule has 5 heteroatoms. The summed E-state index contributed by atoms with van der Waals surface area (Å²) in [6.07, 6.45) is 10.7. The molecule has 1 aliphatic carbocycles. The first kappa shape index (κ1) is 18.5. The average molecular weight is 423 g/mol. The summed E-state index contributed by atoms with van der Waals surface area (Å²) in [7, 11) is 0. The summed E-state index contributed by atoms with van der Waals surface area (Å²) in [5.74, 6) is 1.46. The van der Waals surface area contributed by atoms with Gasteiger partial charge < -0.3 is 10.1 Å². The van der Waals surface area contributed by atoms with E-state index >= 15 is 0 Å². The fourth-order valence-electron chi connectivity index (χ4n) is 6.96. The second-order valence-electron chi connectivity index (χ2n) is 9.65. The van der Waals surface area contributed by atoms with E-state index in [0.717, 1.165) is 69.8 Å². The Kier molecular flexibility index (Phi) is 3.77. The quantitative estimate of drug-likeness (QED) is 0.451. The van der Waals surface area contributed by atoms with Crippen molar-refractivity contribution in [3.63, 3.8) is 0 Å². The lowest BCUT2D eigenvalue weighted by Crippen LogP contribution is -2.55. The maximum atomic E-state index is 11.6. The van der Waals surface area contributed by atoms with Gasteiger partial charge in [-0.25, -0.2) is 4.98 Å². The van der Waals surface area contributed by atoms with Crippen LogP contribution in [0.15, 0.2) is 67.6 Å². The number of aromatic nitrogens is 3. The highest BCUT2D eigenvalue weighted by Gasteiger charge is 2.76. The van der Waals surface area contributed by atoms with Gasteiger partial charge >= 0.3 is 0 Å². The van der Waals surface area contributed by atoms with Crippen molar-refractivity contribution in [2.24, 2.45) is 11.8 Å². The maximum absolute atomic E-state index is 11.6. The summed E-state index contributed by atoms with van der Waals surface area (Å²) in [5, 5.41) is 13.7. The van der Waals surface area contributed by atoms with Crippen LogP contribution in [0.25, 0.3) is 33.1 Å². The van der Waals surface area contributed by atoms with Crippen LogP contribution < -0.4 is 0 Å². The molecular formula is C27H26N4O. The maximum Gasteiger partial charge on any atom is 0.137 e. The van der Waals surface area contributed by atoms with Crippen LogP contribution in [0.5, 0.6) is 0 Å². The molecule has 2 aliphatic heterocycles. The van der Waals surface area contributed by atoms with E-state index < -0.39 is 6.10 Å². The number of benzene rings is 1. The van der Waals surface area contributed by atoms with E-state index in [9.17, 15) is 5.11 Å². The molecule has 1 aromatic carbocycles. The first-order valence-corrected chi connectivity index (χ1v) is 11.6. The van der Waals surface area contributed by atoms with Gasteiger partial charge in [0.25, 0.3) is 0 Å². The number of aliphatic hydroxyl groups is 1. The molecule has 32 heavy (non-hydrogen) atoms. The highest BCUT2D eigenvalue weighted by atomic mass is 16.3. The van der Waals surface area contributed by atoms with E-state index in [0.29, 0.717) is 5.54 Å². The largest absolute Gasteiger partial charge is 0.387 e. The zero-order valence-electron chi connectivity index (χ0n) is 17.9. The fraction of sp³-hybridized carbons (Fsp3) is 0.333. The van der Waals surface area contributed by atoms with Crippen LogP contribution in [-0.2, 0) is 0 Å². The zero-order valence-corrected chi connectivity index (χ0v) is 17.9. The van der Waals surface area contributed by atoms with Crippen LogP contribution in [0, 0.1) is 11.8 Å². The number of aromatic amines is 1. The van der Waals surface area contributed by atoms with Gasteiger partial charge in [-0.1, -0.05) is 12.1 Å². The number of nitrogens with one attached hydrogen (secondary N) is 1. The number of rotatable bonds is 5. The highest BCUT2D eigenvalue weighted by Crippen LogP contribution is 2.71. The van der Waals surface area contributed by atoms with Gasteiger partial charge in [0.05, 0.1) is 11.6 Å². The third kappa shape index (κ3) is 2.30. The van der Waals surface area contributed by atoms with Crippen LogP contribution >= 0.6 is 0 Å². The van der Waals surface area contributed by atoms with Gasteiger partial charge in [-0.15, -0.1) is 6.58 Å². The lowest BCUT2D eigenvalue weighted by atomic mass is 9.90. The van der Waals surface area contributed by atoms with Gasteiger partial charge in [0, 0.05) is 53.1 Å². The number of H-pyrrole nitrogens is 1. The van der Waals surface area contributed by atoms with Gasteiger partial charge in [0.1, 0.15) is 5.65 Å². The Hall–Kier alpha value is -3.02. The van der Waals surface area contributed by atoms with Crippen LogP contribution in [0.4, 0.5) is 0 Å². The van der Waals surface area contributed by atoms with E-state index in [2.05, 4.69) is 56.8 Å². The topological polar surface area (TPSA) is 65.0 Å². The minimum Gasteiger partial charge on any atom is -0.387 e. The lowest BCUT2D eigenvalue weighted by Gasteiger charge is -2.46. The average Bonchev–Trinajstić information content (AvgIpc) is 3.14. The molecule has 3 aromatic heterocycles. The number of allylic oxidation sites excluding steroid dienone is 1. The van der Waals surface area contributed by atoms with Gasteiger partial charge in [-0.2, -0.15) is 0 Å². The van der Waals surface area contributed by atoms with E-state index in [4.69, 9.17) is 0 Å². The molecule has 5 nitrogen and oxygen atoms in total. The normalized spacial score (nSPS) is 29.5. The number of hydrogen-bond donors (Lipinski definition) is 2.